The highest BCUT2D eigenvalue weighted by molar-refractivity contribution is 5.85. The number of rotatable bonds is 8. The average molecular weight is 502 g/mol. The summed E-state index contributed by atoms with van der Waals surface area (Å²) >= 11 is 0. The molecule has 0 saturated carbocycles. The summed E-state index contributed by atoms with van der Waals surface area (Å²) < 4.78 is 20.2. The lowest BCUT2D eigenvalue weighted by Gasteiger charge is -2.44. The zero-order valence-electron chi connectivity index (χ0n) is 20.8. The third kappa shape index (κ3) is 5.73. The summed E-state index contributed by atoms with van der Waals surface area (Å²) in [4.78, 5) is 30.1. The smallest absolute Gasteiger partial charge is 0.248 e. The van der Waals surface area contributed by atoms with Gasteiger partial charge in [0.2, 0.25) is 11.8 Å². The lowest BCUT2D eigenvalue weighted by Crippen LogP contribution is -2.59. The minimum absolute atomic E-state index is 0.0177. The van der Waals surface area contributed by atoms with Crippen LogP contribution in [-0.2, 0) is 33.9 Å². The molecule has 2 aliphatic rings. The van der Waals surface area contributed by atoms with Gasteiger partial charge < -0.3 is 14.5 Å². The number of carbonyl (C=O) groups excluding carboxylic acids is 2. The van der Waals surface area contributed by atoms with Crippen LogP contribution in [0.1, 0.15) is 29.5 Å². The van der Waals surface area contributed by atoms with Crippen LogP contribution in [0.5, 0.6) is 0 Å². The van der Waals surface area contributed by atoms with Gasteiger partial charge in [-0.05, 0) is 23.6 Å². The van der Waals surface area contributed by atoms with E-state index in [0.717, 1.165) is 11.1 Å². The number of hydrogen-bond acceptors (Lipinski definition) is 4. The Morgan fingerprint density at radius 2 is 1.54 bits per heavy atom. The quantitative estimate of drug-likeness (QED) is 0.509. The first kappa shape index (κ1) is 25.1. The van der Waals surface area contributed by atoms with Gasteiger partial charge >= 0.3 is 0 Å². The summed E-state index contributed by atoms with van der Waals surface area (Å²) in [6.07, 6.45) is 1.71. The van der Waals surface area contributed by atoms with Crippen molar-refractivity contribution in [3.05, 3.63) is 107 Å². The van der Waals surface area contributed by atoms with Gasteiger partial charge in [0.1, 0.15) is 12.4 Å². The van der Waals surface area contributed by atoms with Crippen LogP contribution in [0.3, 0.4) is 0 Å². The maximum atomic E-state index is 14.6. The van der Waals surface area contributed by atoms with Crippen molar-refractivity contribution in [1.82, 2.24) is 15.1 Å². The molecule has 3 aromatic rings. The third-order valence-electron chi connectivity index (χ3n) is 7.37. The molecule has 5 rings (SSSR count). The SMILES string of the molecule is O=C(COCc1ccccc1)N1CCC2(CC1)NC(Cc1ccccc1)C(=O)N2Cc1ccccc1F. The topological polar surface area (TPSA) is 61.9 Å². The minimum Gasteiger partial charge on any atom is -0.367 e. The molecule has 0 bridgehead atoms. The molecule has 3 aromatic carbocycles. The van der Waals surface area contributed by atoms with E-state index in [0.29, 0.717) is 44.5 Å². The number of piperidine rings is 1. The van der Waals surface area contributed by atoms with Crippen molar-refractivity contribution in [2.45, 2.75) is 44.1 Å². The van der Waals surface area contributed by atoms with Gasteiger partial charge in [-0.3, -0.25) is 14.9 Å². The van der Waals surface area contributed by atoms with E-state index >= 15 is 0 Å². The first-order valence-electron chi connectivity index (χ1n) is 12.8. The Hall–Kier alpha value is -3.55. The van der Waals surface area contributed by atoms with Crippen LogP contribution in [0.4, 0.5) is 4.39 Å². The summed E-state index contributed by atoms with van der Waals surface area (Å²) in [6, 6.07) is 25.9. The van der Waals surface area contributed by atoms with Crippen molar-refractivity contribution in [2.24, 2.45) is 0 Å². The number of carbonyl (C=O) groups is 2. The van der Waals surface area contributed by atoms with E-state index in [2.05, 4.69) is 5.32 Å². The average Bonchev–Trinajstić information content (AvgIpc) is 3.16. The van der Waals surface area contributed by atoms with Crippen molar-refractivity contribution in [3.8, 4) is 0 Å². The molecule has 2 saturated heterocycles. The van der Waals surface area contributed by atoms with E-state index in [9.17, 15) is 14.0 Å². The number of ether oxygens (including phenoxy) is 1. The molecule has 2 heterocycles. The van der Waals surface area contributed by atoms with Crippen molar-refractivity contribution in [2.75, 3.05) is 19.7 Å². The van der Waals surface area contributed by atoms with Gasteiger partial charge in [-0.25, -0.2) is 4.39 Å². The molecule has 1 atom stereocenters. The lowest BCUT2D eigenvalue weighted by atomic mass is 9.95. The van der Waals surface area contributed by atoms with Gasteiger partial charge in [-0.1, -0.05) is 78.9 Å². The fourth-order valence-electron chi connectivity index (χ4n) is 5.34. The normalized spacial score (nSPS) is 18.9. The fraction of sp³-hybridized carbons (Fsp3) is 0.333. The van der Waals surface area contributed by atoms with Crippen LogP contribution in [0.15, 0.2) is 84.9 Å². The zero-order valence-corrected chi connectivity index (χ0v) is 20.8. The fourth-order valence-corrected chi connectivity index (χ4v) is 5.34. The van der Waals surface area contributed by atoms with Gasteiger partial charge in [-0.15, -0.1) is 0 Å². The van der Waals surface area contributed by atoms with Crippen molar-refractivity contribution in [1.29, 1.82) is 0 Å². The first-order valence-corrected chi connectivity index (χ1v) is 12.8. The Kier molecular flexibility index (Phi) is 7.63. The first-order chi connectivity index (χ1) is 18.0. The Morgan fingerprint density at radius 3 is 2.22 bits per heavy atom. The zero-order chi connectivity index (χ0) is 25.7. The summed E-state index contributed by atoms with van der Waals surface area (Å²) in [7, 11) is 0. The Balaban J connectivity index is 1.26. The largest absolute Gasteiger partial charge is 0.367 e. The van der Waals surface area contributed by atoms with Gasteiger partial charge in [-0.2, -0.15) is 0 Å². The molecular weight excluding hydrogens is 469 g/mol. The van der Waals surface area contributed by atoms with E-state index in [1.165, 1.54) is 6.07 Å². The Morgan fingerprint density at radius 1 is 0.919 bits per heavy atom. The minimum atomic E-state index is -0.625. The molecular formula is C30H32FN3O3. The molecule has 37 heavy (non-hydrogen) atoms. The second kappa shape index (κ2) is 11.2. The third-order valence-corrected chi connectivity index (χ3v) is 7.37. The molecule has 2 amide bonds. The Labute approximate surface area is 217 Å². The molecule has 7 heteroatoms. The van der Waals surface area contributed by atoms with Crippen molar-refractivity contribution in [3.63, 3.8) is 0 Å². The predicted octanol–water partition coefficient (Wildman–Crippen LogP) is 3.90. The lowest BCUT2D eigenvalue weighted by molar-refractivity contribution is -0.141. The van der Waals surface area contributed by atoms with E-state index in [1.54, 1.807) is 28.0 Å². The monoisotopic (exact) mass is 501 g/mol. The number of nitrogens with one attached hydrogen (secondary N) is 1. The predicted molar refractivity (Wildman–Crippen MR) is 139 cm³/mol. The summed E-state index contributed by atoms with van der Waals surface area (Å²) in [5, 5.41) is 3.60. The molecule has 0 aliphatic carbocycles. The molecule has 192 valence electrons. The molecule has 2 fully saturated rings. The molecule has 0 aromatic heterocycles. The maximum absolute atomic E-state index is 14.6. The van der Waals surface area contributed by atoms with Crippen molar-refractivity contribution < 1.29 is 18.7 Å². The second-order valence-corrected chi connectivity index (χ2v) is 9.79. The number of halogens is 1. The number of nitrogens with zero attached hydrogens (tertiary/aromatic N) is 2. The van der Waals surface area contributed by atoms with Crippen LogP contribution in [0.25, 0.3) is 0 Å². The number of hydrogen-bond donors (Lipinski definition) is 1. The summed E-state index contributed by atoms with van der Waals surface area (Å²) in [5.74, 6) is -0.408. The van der Waals surface area contributed by atoms with Gasteiger partial charge in [0.15, 0.2) is 0 Å². The molecule has 1 unspecified atom stereocenters. The maximum Gasteiger partial charge on any atom is 0.248 e. The van der Waals surface area contributed by atoms with Gasteiger partial charge in [0.05, 0.1) is 24.9 Å². The van der Waals surface area contributed by atoms with E-state index in [-0.39, 0.29) is 30.8 Å². The highest BCUT2D eigenvalue weighted by Crippen LogP contribution is 2.35. The van der Waals surface area contributed by atoms with Gasteiger partial charge in [0, 0.05) is 31.5 Å². The molecule has 6 nitrogen and oxygen atoms in total. The van der Waals surface area contributed by atoms with Crippen LogP contribution >= 0.6 is 0 Å². The molecule has 2 aliphatic heterocycles. The van der Waals surface area contributed by atoms with Crippen molar-refractivity contribution >= 4 is 11.8 Å². The number of benzene rings is 3. The summed E-state index contributed by atoms with van der Waals surface area (Å²) in [5.41, 5.74) is 1.96. The second-order valence-electron chi connectivity index (χ2n) is 9.79. The highest BCUT2D eigenvalue weighted by atomic mass is 19.1. The molecule has 1 N–H and O–H groups in total. The molecule has 1 spiro atoms. The van der Waals surface area contributed by atoms with E-state index in [1.807, 2.05) is 60.7 Å². The Bertz CT molecular complexity index is 1210. The summed E-state index contributed by atoms with van der Waals surface area (Å²) in [6.45, 7) is 1.60. The van der Waals surface area contributed by atoms with Gasteiger partial charge in [0.25, 0.3) is 0 Å². The van der Waals surface area contributed by atoms with Crippen LogP contribution in [0.2, 0.25) is 0 Å². The van der Waals surface area contributed by atoms with E-state index in [4.69, 9.17) is 4.74 Å². The van der Waals surface area contributed by atoms with Crippen LogP contribution in [0, 0.1) is 5.82 Å². The van der Waals surface area contributed by atoms with Crippen LogP contribution < -0.4 is 5.32 Å². The standard InChI is InChI=1S/C30H32FN3O3/c31-26-14-8-7-13-25(26)20-34-29(36)27(19-23-9-3-1-4-10-23)32-30(34)15-17-33(18-16-30)28(35)22-37-21-24-11-5-2-6-12-24/h1-14,27,32H,15-22H2. The highest BCUT2D eigenvalue weighted by Gasteiger charge is 2.51. The molecule has 0 radical (unpaired) electrons. The number of likely N-dealkylation sites (tertiary alicyclic amines) is 1. The van der Waals surface area contributed by atoms with Crippen LogP contribution in [-0.4, -0.2) is 53.0 Å². The number of amides is 2. The van der Waals surface area contributed by atoms with E-state index < -0.39 is 11.7 Å².